The van der Waals surface area contributed by atoms with Crippen LogP contribution in [0.15, 0.2) is 42.5 Å². The van der Waals surface area contributed by atoms with Gasteiger partial charge in [0.25, 0.3) is 0 Å². The van der Waals surface area contributed by atoms with Crippen LogP contribution in [0.4, 0.5) is 10.2 Å². The second-order valence-electron chi connectivity index (χ2n) is 8.33. The SMILES string of the molecule is CCc1nc(-c2ccc(OC)cc2C)c(CC)nc1NC1c2ccccc2CC1OCCF. The zero-order chi connectivity index (χ0) is 23.4. The highest BCUT2D eigenvalue weighted by Crippen LogP contribution is 2.37. The summed E-state index contributed by atoms with van der Waals surface area (Å²) in [5.74, 6) is 1.61. The zero-order valence-electron chi connectivity index (χ0n) is 19.8. The van der Waals surface area contributed by atoms with E-state index in [1.54, 1.807) is 7.11 Å². The third-order valence-electron chi connectivity index (χ3n) is 6.28. The van der Waals surface area contributed by atoms with Crippen molar-refractivity contribution in [1.82, 2.24) is 9.97 Å². The van der Waals surface area contributed by atoms with Crippen molar-refractivity contribution in [3.8, 4) is 17.0 Å². The Hall–Kier alpha value is -2.99. The van der Waals surface area contributed by atoms with E-state index < -0.39 is 6.67 Å². The van der Waals surface area contributed by atoms with Crippen LogP contribution in [0.3, 0.4) is 0 Å². The van der Waals surface area contributed by atoms with E-state index in [1.807, 2.05) is 24.3 Å². The molecule has 1 heterocycles. The Labute approximate surface area is 195 Å². The van der Waals surface area contributed by atoms with Crippen molar-refractivity contribution in [3.63, 3.8) is 0 Å². The summed E-state index contributed by atoms with van der Waals surface area (Å²) in [6, 6.07) is 14.2. The molecule has 33 heavy (non-hydrogen) atoms. The van der Waals surface area contributed by atoms with Gasteiger partial charge in [-0.3, -0.25) is 0 Å². The van der Waals surface area contributed by atoms with E-state index >= 15 is 0 Å². The Balaban J connectivity index is 1.72. The first-order valence-corrected chi connectivity index (χ1v) is 11.7. The number of ether oxygens (including phenoxy) is 2. The Morgan fingerprint density at radius 2 is 1.85 bits per heavy atom. The highest BCUT2D eigenvalue weighted by atomic mass is 19.1. The number of aryl methyl sites for hydroxylation is 3. The van der Waals surface area contributed by atoms with Crippen molar-refractivity contribution in [2.24, 2.45) is 0 Å². The molecular formula is C27H32FN3O2. The quantitative estimate of drug-likeness (QED) is 0.458. The maximum Gasteiger partial charge on any atom is 0.148 e. The fourth-order valence-electron chi connectivity index (χ4n) is 4.59. The summed E-state index contributed by atoms with van der Waals surface area (Å²) in [5.41, 5.74) is 7.34. The number of benzene rings is 2. The molecule has 0 saturated carbocycles. The first-order valence-electron chi connectivity index (χ1n) is 11.7. The van der Waals surface area contributed by atoms with Gasteiger partial charge in [-0.15, -0.1) is 0 Å². The fraction of sp³-hybridized carbons (Fsp3) is 0.407. The minimum absolute atomic E-state index is 0.0920. The van der Waals surface area contributed by atoms with Crippen LogP contribution < -0.4 is 10.1 Å². The highest BCUT2D eigenvalue weighted by Gasteiger charge is 2.34. The van der Waals surface area contributed by atoms with Crippen molar-refractivity contribution < 1.29 is 13.9 Å². The van der Waals surface area contributed by atoms with Gasteiger partial charge in [-0.25, -0.2) is 14.4 Å². The van der Waals surface area contributed by atoms with Crippen LogP contribution in [0, 0.1) is 6.92 Å². The minimum atomic E-state index is -0.491. The third-order valence-corrected chi connectivity index (χ3v) is 6.28. The Kier molecular flexibility index (Phi) is 7.23. The average molecular weight is 450 g/mol. The summed E-state index contributed by atoms with van der Waals surface area (Å²) in [7, 11) is 1.67. The Bertz CT molecular complexity index is 1120. The van der Waals surface area contributed by atoms with E-state index in [4.69, 9.17) is 19.4 Å². The molecule has 0 aliphatic heterocycles. The van der Waals surface area contributed by atoms with Crippen molar-refractivity contribution in [3.05, 3.63) is 70.5 Å². The lowest BCUT2D eigenvalue weighted by molar-refractivity contribution is 0.0393. The van der Waals surface area contributed by atoms with Crippen LogP contribution in [-0.2, 0) is 24.0 Å². The van der Waals surface area contributed by atoms with Gasteiger partial charge in [0.15, 0.2) is 0 Å². The van der Waals surface area contributed by atoms with E-state index in [1.165, 1.54) is 11.1 Å². The van der Waals surface area contributed by atoms with Crippen molar-refractivity contribution >= 4 is 5.82 Å². The normalized spacial score (nSPS) is 17.1. The lowest BCUT2D eigenvalue weighted by Crippen LogP contribution is -2.27. The third kappa shape index (κ3) is 4.71. The van der Waals surface area contributed by atoms with Gasteiger partial charge in [-0.1, -0.05) is 38.1 Å². The Morgan fingerprint density at radius 1 is 1.06 bits per heavy atom. The number of anilines is 1. The predicted molar refractivity (Wildman–Crippen MR) is 130 cm³/mol. The molecule has 0 amide bonds. The van der Waals surface area contributed by atoms with Crippen LogP contribution in [0.1, 0.15) is 48.0 Å². The van der Waals surface area contributed by atoms with E-state index in [2.05, 4.69) is 44.3 Å². The van der Waals surface area contributed by atoms with Crippen molar-refractivity contribution in [2.75, 3.05) is 25.7 Å². The van der Waals surface area contributed by atoms with Gasteiger partial charge < -0.3 is 14.8 Å². The number of hydrogen-bond acceptors (Lipinski definition) is 5. The van der Waals surface area contributed by atoms with E-state index in [0.29, 0.717) is 0 Å². The molecule has 2 atom stereocenters. The summed E-state index contributed by atoms with van der Waals surface area (Å²) in [5, 5.41) is 3.62. The molecule has 4 rings (SSSR count). The highest BCUT2D eigenvalue weighted by molar-refractivity contribution is 5.68. The number of methoxy groups -OCH3 is 1. The number of nitrogens with one attached hydrogen (secondary N) is 1. The largest absolute Gasteiger partial charge is 0.497 e. The molecule has 6 heteroatoms. The molecule has 2 aromatic carbocycles. The monoisotopic (exact) mass is 449 g/mol. The number of nitrogens with zero attached hydrogens (tertiary/aromatic N) is 2. The molecule has 1 aromatic heterocycles. The molecule has 1 aliphatic rings. The van der Waals surface area contributed by atoms with Gasteiger partial charge in [0.1, 0.15) is 18.2 Å². The molecule has 174 valence electrons. The molecule has 0 spiro atoms. The number of fused-ring (bicyclic) bond motifs is 1. The van der Waals surface area contributed by atoms with E-state index in [0.717, 1.165) is 59.0 Å². The predicted octanol–water partition coefficient (Wildman–Crippen LogP) is 5.65. The molecule has 0 bridgehead atoms. The molecule has 1 N–H and O–H groups in total. The molecule has 3 aromatic rings. The standard InChI is InChI=1S/C27H32FN3O2/c1-5-22-25(20-12-11-19(32-4)15-17(20)3)29-23(6-2)27(30-22)31-26-21-10-8-7-9-18(21)16-24(26)33-14-13-28/h7-12,15,24,26H,5-6,13-14,16H2,1-4H3,(H,30,31). The topological polar surface area (TPSA) is 56.3 Å². The van der Waals surface area contributed by atoms with Gasteiger partial charge in [-0.2, -0.15) is 0 Å². The first-order chi connectivity index (χ1) is 16.1. The van der Waals surface area contributed by atoms with Crippen LogP contribution in [0.5, 0.6) is 5.75 Å². The smallest absolute Gasteiger partial charge is 0.148 e. The van der Waals surface area contributed by atoms with Crippen molar-refractivity contribution in [1.29, 1.82) is 0 Å². The second-order valence-corrected chi connectivity index (χ2v) is 8.33. The number of halogens is 1. The maximum atomic E-state index is 12.9. The fourth-order valence-corrected chi connectivity index (χ4v) is 4.59. The molecule has 5 nitrogen and oxygen atoms in total. The summed E-state index contributed by atoms with van der Waals surface area (Å²) < 4.78 is 24.1. The van der Waals surface area contributed by atoms with Crippen LogP contribution in [-0.4, -0.2) is 36.5 Å². The lowest BCUT2D eigenvalue weighted by Gasteiger charge is -2.24. The molecule has 0 radical (unpaired) electrons. The van der Waals surface area contributed by atoms with Crippen LogP contribution >= 0.6 is 0 Å². The zero-order valence-corrected chi connectivity index (χ0v) is 19.8. The second kappa shape index (κ2) is 10.3. The number of hydrogen-bond donors (Lipinski definition) is 1. The summed E-state index contributed by atoms with van der Waals surface area (Å²) >= 11 is 0. The number of rotatable bonds is 9. The number of aromatic nitrogens is 2. The first kappa shape index (κ1) is 23.2. The molecular weight excluding hydrogens is 417 g/mol. The lowest BCUT2D eigenvalue weighted by atomic mass is 10.0. The molecule has 0 saturated heterocycles. The summed E-state index contributed by atoms with van der Waals surface area (Å²) in [6.45, 7) is 5.86. The maximum absolute atomic E-state index is 12.9. The Morgan fingerprint density at radius 3 is 2.55 bits per heavy atom. The molecule has 2 unspecified atom stereocenters. The van der Waals surface area contributed by atoms with Gasteiger partial charge in [0.05, 0.1) is 42.9 Å². The van der Waals surface area contributed by atoms with Crippen LogP contribution in [0.25, 0.3) is 11.3 Å². The summed E-state index contributed by atoms with van der Waals surface area (Å²) in [6.07, 6.45) is 2.12. The van der Waals surface area contributed by atoms with Gasteiger partial charge in [0.2, 0.25) is 0 Å². The van der Waals surface area contributed by atoms with E-state index in [-0.39, 0.29) is 18.8 Å². The van der Waals surface area contributed by atoms with Gasteiger partial charge >= 0.3 is 0 Å². The average Bonchev–Trinajstić information content (AvgIpc) is 3.19. The van der Waals surface area contributed by atoms with Gasteiger partial charge in [-0.05, 0) is 54.7 Å². The minimum Gasteiger partial charge on any atom is -0.497 e. The molecule has 1 aliphatic carbocycles. The van der Waals surface area contributed by atoms with Crippen molar-refractivity contribution in [2.45, 2.75) is 52.2 Å². The van der Waals surface area contributed by atoms with Crippen LogP contribution in [0.2, 0.25) is 0 Å². The van der Waals surface area contributed by atoms with Gasteiger partial charge in [0, 0.05) is 12.0 Å². The molecule has 0 fully saturated rings. The summed E-state index contributed by atoms with van der Waals surface area (Å²) in [4.78, 5) is 10.1. The van der Waals surface area contributed by atoms with E-state index in [9.17, 15) is 4.39 Å². The number of alkyl halides is 1.